The number of thioether (sulfide) groups is 1. The fraction of sp³-hybridized carbons (Fsp3) is 0.150. The predicted molar refractivity (Wildman–Crippen MR) is 102 cm³/mol. The van der Waals surface area contributed by atoms with Crippen LogP contribution in [0.25, 0.3) is 10.8 Å². The third kappa shape index (κ3) is 4.17. The average Bonchev–Trinajstić information content (AvgIpc) is 2.62. The molecule has 0 saturated carbocycles. The third-order valence-corrected chi connectivity index (χ3v) is 4.74. The maximum absolute atomic E-state index is 12.3. The van der Waals surface area contributed by atoms with Crippen LogP contribution in [0.15, 0.2) is 59.6 Å². The Morgan fingerprint density at radius 2 is 1.96 bits per heavy atom. The molecule has 0 unspecified atom stereocenters. The highest BCUT2D eigenvalue weighted by Crippen LogP contribution is 2.24. The van der Waals surface area contributed by atoms with Crippen molar-refractivity contribution in [3.05, 3.63) is 65.9 Å². The van der Waals surface area contributed by atoms with Gasteiger partial charge in [0.1, 0.15) is 11.1 Å². The lowest BCUT2D eigenvalue weighted by atomic mass is 10.1. The average molecular weight is 347 g/mol. The van der Waals surface area contributed by atoms with E-state index in [0.717, 1.165) is 22.2 Å². The molecule has 0 spiro atoms. The summed E-state index contributed by atoms with van der Waals surface area (Å²) in [6, 6.07) is 19.5. The highest BCUT2D eigenvalue weighted by Gasteiger charge is 2.09. The van der Waals surface area contributed by atoms with Gasteiger partial charge in [-0.3, -0.25) is 4.79 Å². The maximum Gasteiger partial charge on any atom is 0.225 e. The molecule has 1 N–H and O–H groups in total. The SMILES string of the molecule is Cc1ccc(C#N)c(SCCC(=O)Nc2cccc3ccccc23)n1. The minimum Gasteiger partial charge on any atom is -0.325 e. The second-order valence-corrected chi connectivity index (χ2v) is 6.67. The van der Waals surface area contributed by atoms with Crippen molar-refractivity contribution in [2.45, 2.75) is 18.4 Å². The number of rotatable bonds is 5. The molecule has 124 valence electrons. The molecule has 0 fully saturated rings. The summed E-state index contributed by atoms with van der Waals surface area (Å²) >= 11 is 1.43. The van der Waals surface area contributed by atoms with Crippen LogP contribution in [0.1, 0.15) is 17.7 Å². The Kier molecular flexibility index (Phi) is 5.32. The number of aryl methyl sites for hydroxylation is 1. The molecule has 0 atom stereocenters. The fourth-order valence-corrected chi connectivity index (χ4v) is 3.47. The molecule has 1 aromatic heterocycles. The Hall–Kier alpha value is -2.84. The number of aromatic nitrogens is 1. The van der Waals surface area contributed by atoms with E-state index in [0.29, 0.717) is 22.8 Å². The normalized spacial score (nSPS) is 10.4. The summed E-state index contributed by atoms with van der Waals surface area (Å²) in [7, 11) is 0. The van der Waals surface area contributed by atoms with E-state index in [-0.39, 0.29) is 5.91 Å². The van der Waals surface area contributed by atoms with E-state index in [4.69, 9.17) is 5.26 Å². The van der Waals surface area contributed by atoms with Gasteiger partial charge in [0, 0.05) is 28.9 Å². The van der Waals surface area contributed by atoms with Gasteiger partial charge in [-0.05, 0) is 30.5 Å². The smallest absolute Gasteiger partial charge is 0.225 e. The molecule has 4 nitrogen and oxygen atoms in total. The molecule has 0 radical (unpaired) electrons. The first-order valence-electron chi connectivity index (χ1n) is 7.95. The van der Waals surface area contributed by atoms with Crippen molar-refractivity contribution in [3.63, 3.8) is 0 Å². The fourth-order valence-electron chi connectivity index (χ4n) is 2.52. The number of nitriles is 1. The molecule has 3 aromatic rings. The standard InChI is InChI=1S/C20H17N3OS/c1-14-9-10-16(13-21)20(22-14)25-12-11-19(24)23-18-8-4-6-15-5-2-3-7-17(15)18/h2-10H,11-12H2,1H3,(H,23,24). The number of hydrogen-bond acceptors (Lipinski definition) is 4. The topological polar surface area (TPSA) is 65.8 Å². The van der Waals surface area contributed by atoms with Crippen LogP contribution in [0.5, 0.6) is 0 Å². The van der Waals surface area contributed by atoms with Crippen molar-refractivity contribution in [3.8, 4) is 6.07 Å². The summed E-state index contributed by atoms with van der Waals surface area (Å²) < 4.78 is 0. The van der Waals surface area contributed by atoms with Crippen LogP contribution >= 0.6 is 11.8 Å². The number of benzene rings is 2. The van der Waals surface area contributed by atoms with E-state index in [1.165, 1.54) is 11.8 Å². The first-order valence-corrected chi connectivity index (χ1v) is 8.94. The molecule has 3 rings (SSSR count). The Morgan fingerprint density at radius 1 is 1.16 bits per heavy atom. The van der Waals surface area contributed by atoms with Gasteiger partial charge in [-0.15, -0.1) is 11.8 Å². The molecule has 5 heteroatoms. The van der Waals surface area contributed by atoms with Gasteiger partial charge >= 0.3 is 0 Å². The molecular weight excluding hydrogens is 330 g/mol. The molecule has 0 aliphatic rings. The number of hydrogen-bond donors (Lipinski definition) is 1. The van der Waals surface area contributed by atoms with Crippen LogP contribution in [0.3, 0.4) is 0 Å². The molecular formula is C20H17N3OS. The predicted octanol–water partition coefficient (Wildman–Crippen LogP) is 4.54. The molecule has 0 saturated heterocycles. The number of carbonyl (C=O) groups is 1. The number of pyridine rings is 1. The maximum atomic E-state index is 12.3. The zero-order chi connectivity index (χ0) is 17.6. The molecule has 0 aliphatic carbocycles. The number of carbonyl (C=O) groups excluding carboxylic acids is 1. The van der Waals surface area contributed by atoms with Gasteiger partial charge in [0.2, 0.25) is 5.91 Å². The van der Waals surface area contributed by atoms with Crippen molar-refractivity contribution in [1.29, 1.82) is 5.26 Å². The monoisotopic (exact) mass is 347 g/mol. The lowest BCUT2D eigenvalue weighted by Crippen LogP contribution is -2.12. The quantitative estimate of drug-likeness (QED) is 0.688. The molecule has 0 bridgehead atoms. The van der Waals surface area contributed by atoms with Gasteiger partial charge in [-0.1, -0.05) is 36.4 Å². The summed E-state index contributed by atoms with van der Waals surface area (Å²) in [5, 5.41) is 14.9. The van der Waals surface area contributed by atoms with Crippen LogP contribution < -0.4 is 5.32 Å². The van der Waals surface area contributed by atoms with Gasteiger partial charge in [-0.25, -0.2) is 4.98 Å². The second-order valence-electron chi connectivity index (χ2n) is 5.59. The number of fused-ring (bicyclic) bond motifs is 1. The highest BCUT2D eigenvalue weighted by atomic mass is 32.2. The Balaban J connectivity index is 1.62. The summed E-state index contributed by atoms with van der Waals surface area (Å²) in [4.78, 5) is 16.6. The second kappa shape index (κ2) is 7.82. The number of nitrogens with one attached hydrogen (secondary N) is 1. The van der Waals surface area contributed by atoms with E-state index >= 15 is 0 Å². The lowest BCUT2D eigenvalue weighted by Gasteiger charge is -2.09. The number of anilines is 1. The van der Waals surface area contributed by atoms with Gasteiger partial charge in [0.15, 0.2) is 0 Å². The molecule has 2 aromatic carbocycles. The van der Waals surface area contributed by atoms with Crippen LogP contribution in [-0.4, -0.2) is 16.6 Å². The lowest BCUT2D eigenvalue weighted by molar-refractivity contribution is -0.115. The van der Waals surface area contributed by atoms with Gasteiger partial charge in [0.25, 0.3) is 0 Å². The van der Waals surface area contributed by atoms with Gasteiger partial charge < -0.3 is 5.32 Å². The zero-order valence-electron chi connectivity index (χ0n) is 13.8. The zero-order valence-corrected chi connectivity index (χ0v) is 14.6. The van der Waals surface area contributed by atoms with Crippen molar-refractivity contribution < 1.29 is 4.79 Å². The van der Waals surface area contributed by atoms with E-state index in [1.54, 1.807) is 6.07 Å². The van der Waals surface area contributed by atoms with Gasteiger partial charge in [-0.2, -0.15) is 5.26 Å². The van der Waals surface area contributed by atoms with Crippen LogP contribution in [0, 0.1) is 18.3 Å². The number of nitrogens with zero attached hydrogens (tertiary/aromatic N) is 2. The van der Waals surface area contributed by atoms with Crippen LogP contribution in [-0.2, 0) is 4.79 Å². The summed E-state index contributed by atoms with van der Waals surface area (Å²) in [5.41, 5.74) is 2.23. The van der Waals surface area contributed by atoms with Crippen molar-refractivity contribution in [2.75, 3.05) is 11.1 Å². The highest BCUT2D eigenvalue weighted by molar-refractivity contribution is 7.99. The molecule has 1 heterocycles. The Labute approximate surface area is 150 Å². The van der Waals surface area contributed by atoms with E-state index in [1.807, 2.05) is 55.5 Å². The number of amides is 1. The third-order valence-electron chi connectivity index (χ3n) is 3.75. The summed E-state index contributed by atoms with van der Waals surface area (Å²) in [5.74, 6) is 0.525. The minimum atomic E-state index is -0.0463. The van der Waals surface area contributed by atoms with Crippen LogP contribution in [0.2, 0.25) is 0 Å². The van der Waals surface area contributed by atoms with Crippen molar-refractivity contribution >= 4 is 34.1 Å². The first-order chi connectivity index (χ1) is 12.2. The minimum absolute atomic E-state index is 0.0463. The molecule has 25 heavy (non-hydrogen) atoms. The summed E-state index contributed by atoms with van der Waals surface area (Å²) in [6.45, 7) is 1.89. The Morgan fingerprint density at radius 3 is 2.80 bits per heavy atom. The van der Waals surface area contributed by atoms with Crippen molar-refractivity contribution in [1.82, 2.24) is 4.98 Å². The van der Waals surface area contributed by atoms with Crippen molar-refractivity contribution in [2.24, 2.45) is 0 Å². The van der Waals surface area contributed by atoms with Crippen LogP contribution in [0.4, 0.5) is 5.69 Å². The van der Waals surface area contributed by atoms with E-state index in [9.17, 15) is 4.79 Å². The van der Waals surface area contributed by atoms with E-state index < -0.39 is 0 Å². The Bertz CT molecular complexity index is 957. The van der Waals surface area contributed by atoms with E-state index in [2.05, 4.69) is 16.4 Å². The first kappa shape index (κ1) is 17.0. The molecule has 0 aliphatic heterocycles. The largest absolute Gasteiger partial charge is 0.325 e. The van der Waals surface area contributed by atoms with Gasteiger partial charge in [0.05, 0.1) is 5.56 Å². The molecule has 1 amide bonds. The summed E-state index contributed by atoms with van der Waals surface area (Å²) in [6.07, 6.45) is 0.356.